The van der Waals surface area contributed by atoms with E-state index in [0.29, 0.717) is 5.56 Å². The van der Waals surface area contributed by atoms with Crippen LogP contribution in [0.5, 0.6) is 5.75 Å². The van der Waals surface area contributed by atoms with Crippen molar-refractivity contribution >= 4 is 18.0 Å². The molecule has 130 valence electrons. The van der Waals surface area contributed by atoms with E-state index in [1.807, 2.05) is 0 Å². The molecule has 1 aromatic rings. The van der Waals surface area contributed by atoms with Gasteiger partial charge in [0.15, 0.2) is 11.7 Å². The van der Waals surface area contributed by atoms with Gasteiger partial charge in [0.25, 0.3) is 0 Å². The van der Waals surface area contributed by atoms with Crippen LogP contribution in [0.1, 0.15) is 18.4 Å². The number of benzene rings is 1. The van der Waals surface area contributed by atoms with Crippen LogP contribution < -0.4 is 0 Å². The van der Waals surface area contributed by atoms with Crippen molar-refractivity contribution in [2.24, 2.45) is 0 Å². The molecule has 8 heteroatoms. The normalized spacial score (nSPS) is 30.2. The summed E-state index contributed by atoms with van der Waals surface area (Å²) >= 11 is 0. The predicted octanol–water partition coefficient (Wildman–Crippen LogP) is -0.352. The molecule has 2 atom stereocenters. The number of aliphatic hydroxyl groups is 3. The highest BCUT2D eigenvalue weighted by molar-refractivity contribution is 5.87. The Bertz CT molecular complexity index is 624. The Balaban J connectivity index is 1.98. The van der Waals surface area contributed by atoms with Gasteiger partial charge in [-0.1, -0.05) is 12.1 Å². The molecule has 1 saturated carbocycles. The Morgan fingerprint density at radius 3 is 2.17 bits per heavy atom. The summed E-state index contributed by atoms with van der Waals surface area (Å²) in [5.41, 5.74) is -1.64. The van der Waals surface area contributed by atoms with Gasteiger partial charge in [0.05, 0.1) is 12.2 Å². The second-order valence-corrected chi connectivity index (χ2v) is 5.71. The highest BCUT2D eigenvalue weighted by atomic mass is 16.6. The number of carbonyl (C=O) groups excluding carboxylic acids is 1. The van der Waals surface area contributed by atoms with Crippen LogP contribution in [-0.2, 0) is 14.3 Å². The molecule has 0 unspecified atom stereocenters. The number of aliphatic hydroxyl groups excluding tert-OH is 2. The maximum absolute atomic E-state index is 11.8. The van der Waals surface area contributed by atoms with Crippen molar-refractivity contribution in [2.45, 2.75) is 36.8 Å². The van der Waals surface area contributed by atoms with Gasteiger partial charge < -0.3 is 30.3 Å². The molecule has 5 N–H and O–H groups in total. The van der Waals surface area contributed by atoms with Gasteiger partial charge in [-0.2, -0.15) is 0 Å². The monoisotopic (exact) mass is 338 g/mol. The average molecular weight is 338 g/mol. The molecule has 0 spiro atoms. The van der Waals surface area contributed by atoms with Crippen molar-refractivity contribution in [3.8, 4) is 5.75 Å². The summed E-state index contributed by atoms with van der Waals surface area (Å²) < 4.78 is 4.96. The van der Waals surface area contributed by atoms with Crippen molar-refractivity contribution in [3.63, 3.8) is 0 Å². The molecule has 0 radical (unpaired) electrons. The second-order valence-electron chi connectivity index (χ2n) is 5.71. The van der Waals surface area contributed by atoms with Crippen LogP contribution in [0, 0.1) is 0 Å². The van der Waals surface area contributed by atoms with Crippen molar-refractivity contribution in [2.75, 3.05) is 0 Å². The van der Waals surface area contributed by atoms with E-state index >= 15 is 0 Å². The number of aliphatic carboxylic acids is 1. The van der Waals surface area contributed by atoms with Crippen LogP contribution >= 0.6 is 0 Å². The zero-order chi connectivity index (χ0) is 17.9. The summed E-state index contributed by atoms with van der Waals surface area (Å²) in [6.07, 6.45) is -2.98. The van der Waals surface area contributed by atoms with E-state index < -0.39 is 48.7 Å². The molecule has 24 heavy (non-hydrogen) atoms. The van der Waals surface area contributed by atoms with Crippen LogP contribution in [0.15, 0.2) is 30.3 Å². The minimum Gasteiger partial charge on any atom is -0.508 e. The fourth-order valence-corrected chi connectivity index (χ4v) is 2.52. The number of phenolic OH excluding ortho intramolecular Hbond substituents is 1. The van der Waals surface area contributed by atoms with Crippen molar-refractivity contribution in [3.05, 3.63) is 35.9 Å². The standard InChI is InChI=1S/C16H18O8/c17-10-4-1-9(2-5-10)3-6-13(20)24-14-11(18)7-16(23,15(21)22)8-12(14)19/h1-6,11-12,14,17-19,23H,7-8H2,(H,21,22)/b6-3-/t11-,12-,14?,16?/m1/s1. The molecule has 1 aliphatic rings. The first-order chi connectivity index (χ1) is 11.2. The van der Waals surface area contributed by atoms with Gasteiger partial charge in [-0.05, 0) is 23.8 Å². The highest BCUT2D eigenvalue weighted by Gasteiger charge is 2.50. The first-order valence-electron chi connectivity index (χ1n) is 7.21. The SMILES string of the molecule is O=C(/C=C\c1ccc(O)cc1)OC1[C@H](O)CC(O)(C(=O)O)C[C@H]1O. The quantitative estimate of drug-likeness (QED) is 0.370. The lowest BCUT2D eigenvalue weighted by molar-refractivity contribution is -0.196. The summed E-state index contributed by atoms with van der Waals surface area (Å²) in [6.45, 7) is 0. The molecule has 0 aliphatic heterocycles. The third-order valence-electron chi connectivity index (χ3n) is 3.81. The van der Waals surface area contributed by atoms with Gasteiger partial charge in [-0.25, -0.2) is 9.59 Å². The Labute approximate surface area is 137 Å². The number of carbonyl (C=O) groups is 2. The van der Waals surface area contributed by atoms with Gasteiger partial charge in [-0.3, -0.25) is 0 Å². The third-order valence-corrected chi connectivity index (χ3v) is 3.81. The Kier molecular flexibility index (Phi) is 5.23. The molecule has 8 nitrogen and oxygen atoms in total. The minimum absolute atomic E-state index is 0.0779. The van der Waals surface area contributed by atoms with E-state index in [9.17, 15) is 24.9 Å². The molecule has 0 heterocycles. The lowest BCUT2D eigenvalue weighted by Crippen LogP contribution is -2.57. The molecule has 0 saturated heterocycles. The maximum Gasteiger partial charge on any atom is 0.335 e. The molecule has 0 aromatic heterocycles. The zero-order valence-corrected chi connectivity index (χ0v) is 12.6. The summed E-state index contributed by atoms with van der Waals surface area (Å²) in [7, 11) is 0. The van der Waals surface area contributed by atoms with Gasteiger partial charge >= 0.3 is 11.9 Å². The molecule has 2 rings (SSSR count). The number of ether oxygens (including phenoxy) is 1. The summed E-state index contributed by atoms with van der Waals surface area (Å²) in [6, 6.07) is 6.01. The van der Waals surface area contributed by atoms with E-state index in [2.05, 4.69) is 0 Å². The fourth-order valence-electron chi connectivity index (χ4n) is 2.52. The number of esters is 1. The minimum atomic E-state index is -2.26. The number of aromatic hydroxyl groups is 1. The van der Waals surface area contributed by atoms with Crippen molar-refractivity contribution in [1.82, 2.24) is 0 Å². The highest BCUT2D eigenvalue weighted by Crippen LogP contribution is 2.31. The largest absolute Gasteiger partial charge is 0.508 e. The molecular weight excluding hydrogens is 320 g/mol. The molecular formula is C16H18O8. The molecule has 1 fully saturated rings. The van der Waals surface area contributed by atoms with Crippen LogP contribution in [0.4, 0.5) is 0 Å². The number of carboxylic acids is 1. The van der Waals surface area contributed by atoms with E-state index in [0.717, 1.165) is 6.08 Å². The van der Waals surface area contributed by atoms with E-state index in [1.165, 1.54) is 18.2 Å². The first-order valence-corrected chi connectivity index (χ1v) is 7.21. The average Bonchev–Trinajstić information content (AvgIpc) is 2.50. The molecule has 0 amide bonds. The smallest absolute Gasteiger partial charge is 0.335 e. The van der Waals surface area contributed by atoms with Gasteiger partial charge in [0.2, 0.25) is 0 Å². The molecule has 1 aromatic carbocycles. The number of carboxylic acid groups (broad SMARTS) is 1. The summed E-state index contributed by atoms with van der Waals surface area (Å²) in [4.78, 5) is 22.7. The number of rotatable bonds is 4. The number of hydrogen-bond acceptors (Lipinski definition) is 7. The lowest BCUT2D eigenvalue weighted by atomic mass is 9.79. The number of hydrogen-bond donors (Lipinski definition) is 5. The van der Waals surface area contributed by atoms with Crippen LogP contribution in [-0.4, -0.2) is 61.4 Å². The topological polar surface area (TPSA) is 145 Å². The predicted molar refractivity (Wildman–Crippen MR) is 80.9 cm³/mol. The van der Waals surface area contributed by atoms with Gasteiger partial charge in [-0.15, -0.1) is 0 Å². The van der Waals surface area contributed by atoms with Crippen LogP contribution in [0.2, 0.25) is 0 Å². The summed E-state index contributed by atoms with van der Waals surface area (Å²) in [5, 5.41) is 47.7. The maximum atomic E-state index is 11.8. The number of phenols is 1. The van der Waals surface area contributed by atoms with E-state index in [4.69, 9.17) is 14.9 Å². The zero-order valence-electron chi connectivity index (χ0n) is 12.6. The van der Waals surface area contributed by atoms with E-state index in [1.54, 1.807) is 12.1 Å². The second kappa shape index (κ2) is 7.00. The van der Waals surface area contributed by atoms with Crippen LogP contribution in [0.3, 0.4) is 0 Å². The van der Waals surface area contributed by atoms with Crippen molar-refractivity contribution < 1.29 is 39.9 Å². The fraction of sp³-hybridized carbons (Fsp3) is 0.375. The molecule has 0 bridgehead atoms. The van der Waals surface area contributed by atoms with Crippen molar-refractivity contribution in [1.29, 1.82) is 0 Å². The van der Waals surface area contributed by atoms with Crippen LogP contribution in [0.25, 0.3) is 6.08 Å². The van der Waals surface area contributed by atoms with Gasteiger partial charge in [0, 0.05) is 18.9 Å². The summed E-state index contributed by atoms with van der Waals surface area (Å²) in [5.74, 6) is -2.32. The molecule has 1 aliphatic carbocycles. The Morgan fingerprint density at radius 1 is 1.12 bits per heavy atom. The third kappa shape index (κ3) is 4.10. The van der Waals surface area contributed by atoms with Gasteiger partial charge in [0.1, 0.15) is 5.75 Å². The Morgan fingerprint density at radius 2 is 1.67 bits per heavy atom. The first kappa shape index (κ1) is 17.9. The lowest BCUT2D eigenvalue weighted by Gasteiger charge is -2.39. The van der Waals surface area contributed by atoms with E-state index in [-0.39, 0.29) is 5.75 Å². The Hall–Kier alpha value is -2.42.